The van der Waals surface area contributed by atoms with Crippen molar-refractivity contribution in [1.29, 1.82) is 0 Å². The van der Waals surface area contributed by atoms with Crippen LogP contribution in [0.4, 0.5) is 5.69 Å². The van der Waals surface area contributed by atoms with Crippen molar-refractivity contribution in [2.45, 2.75) is 4.90 Å². The van der Waals surface area contributed by atoms with Gasteiger partial charge >= 0.3 is 0 Å². The summed E-state index contributed by atoms with van der Waals surface area (Å²) in [5, 5.41) is 3.19. The van der Waals surface area contributed by atoms with Crippen LogP contribution < -0.4 is 5.32 Å². The summed E-state index contributed by atoms with van der Waals surface area (Å²) >= 11 is 0. The van der Waals surface area contributed by atoms with Gasteiger partial charge in [0.2, 0.25) is 9.84 Å². The molecular weight excluding hydrogens is 270 g/mol. The number of benzene rings is 2. The molecule has 1 aliphatic heterocycles. The average molecular weight is 283 g/mol. The van der Waals surface area contributed by atoms with Crippen molar-refractivity contribution in [3.63, 3.8) is 0 Å². The second-order valence-electron chi connectivity index (χ2n) is 4.42. The highest BCUT2D eigenvalue weighted by Crippen LogP contribution is 2.26. The van der Waals surface area contributed by atoms with Gasteiger partial charge in [-0.25, -0.2) is 8.42 Å². The Hall–Kier alpha value is -2.33. The molecule has 20 heavy (non-hydrogen) atoms. The highest BCUT2D eigenvalue weighted by atomic mass is 32.2. The van der Waals surface area contributed by atoms with Crippen molar-refractivity contribution >= 4 is 21.6 Å². The molecule has 0 unspecified atom stereocenters. The minimum absolute atomic E-state index is 0.185. The zero-order valence-electron chi connectivity index (χ0n) is 10.7. The quantitative estimate of drug-likeness (QED) is 0.918. The number of para-hydroxylation sites is 1. The molecule has 100 valence electrons. The molecule has 1 aliphatic rings. The fraction of sp³-hybridized carbons (Fsp3) is 0. The fourth-order valence-electron chi connectivity index (χ4n) is 2.05. The zero-order valence-corrected chi connectivity index (χ0v) is 11.5. The van der Waals surface area contributed by atoms with Gasteiger partial charge in [0.25, 0.3) is 0 Å². The number of rotatable bonds is 2. The van der Waals surface area contributed by atoms with Crippen LogP contribution >= 0.6 is 0 Å². The van der Waals surface area contributed by atoms with Crippen molar-refractivity contribution in [3.05, 3.63) is 77.3 Å². The molecule has 0 fully saturated rings. The summed E-state index contributed by atoms with van der Waals surface area (Å²) in [5.41, 5.74) is 1.74. The first-order valence-corrected chi connectivity index (χ1v) is 7.71. The summed E-state index contributed by atoms with van der Waals surface area (Å²) in [6.45, 7) is 0. The molecule has 0 radical (unpaired) electrons. The van der Waals surface area contributed by atoms with Crippen molar-refractivity contribution in [2.75, 3.05) is 5.32 Å². The van der Waals surface area contributed by atoms with Gasteiger partial charge in [-0.05, 0) is 29.8 Å². The van der Waals surface area contributed by atoms with Crippen LogP contribution in [-0.2, 0) is 9.84 Å². The molecule has 1 N–H and O–H groups in total. The van der Waals surface area contributed by atoms with Crippen LogP contribution in [-0.4, -0.2) is 8.42 Å². The van der Waals surface area contributed by atoms with Crippen LogP contribution in [0.3, 0.4) is 0 Å². The highest BCUT2D eigenvalue weighted by Gasteiger charge is 2.21. The van der Waals surface area contributed by atoms with Crippen LogP contribution in [0.5, 0.6) is 0 Å². The summed E-state index contributed by atoms with van der Waals surface area (Å²) in [7, 11) is -3.53. The first-order valence-electron chi connectivity index (χ1n) is 6.22. The van der Waals surface area contributed by atoms with Gasteiger partial charge in [-0.3, -0.25) is 0 Å². The molecule has 0 bridgehead atoms. The molecule has 3 nitrogen and oxygen atoms in total. The van der Waals surface area contributed by atoms with E-state index in [-0.39, 0.29) is 9.92 Å². The Labute approximate surface area is 118 Å². The Morgan fingerprint density at radius 3 is 2.35 bits per heavy atom. The van der Waals surface area contributed by atoms with E-state index in [4.69, 9.17) is 0 Å². The van der Waals surface area contributed by atoms with Crippen molar-refractivity contribution in [3.8, 4) is 0 Å². The van der Waals surface area contributed by atoms with Gasteiger partial charge in [-0.2, -0.15) is 0 Å². The summed E-state index contributed by atoms with van der Waals surface area (Å²) < 4.78 is 25.2. The van der Waals surface area contributed by atoms with E-state index in [0.29, 0.717) is 0 Å². The van der Waals surface area contributed by atoms with Gasteiger partial charge in [0.1, 0.15) is 5.03 Å². The van der Waals surface area contributed by atoms with E-state index in [1.165, 1.54) is 0 Å². The van der Waals surface area contributed by atoms with Gasteiger partial charge in [-0.1, -0.05) is 48.6 Å². The lowest BCUT2D eigenvalue weighted by Crippen LogP contribution is -2.12. The SMILES string of the molecule is O=S(=O)(C1=CC=Cc2ccccc2N1)c1ccccc1. The number of hydrogen-bond acceptors (Lipinski definition) is 3. The van der Waals surface area contributed by atoms with E-state index in [1.807, 2.05) is 30.3 Å². The average Bonchev–Trinajstić information content (AvgIpc) is 2.71. The van der Waals surface area contributed by atoms with E-state index in [0.717, 1.165) is 11.3 Å². The normalized spacial score (nSPS) is 13.9. The molecule has 0 atom stereocenters. The minimum atomic E-state index is -3.53. The van der Waals surface area contributed by atoms with E-state index < -0.39 is 9.84 Å². The van der Waals surface area contributed by atoms with E-state index >= 15 is 0 Å². The van der Waals surface area contributed by atoms with Gasteiger partial charge < -0.3 is 5.32 Å². The minimum Gasteiger partial charge on any atom is -0.345 e. The molecule has 0 saturated carbocycles. The molecule has 1 heterocycles. The molecule has 0 amide bonds. The maximum absolute atomic E-state index is 12.6. The predicted octanol–water partition coefficient (Wildman–Crippen LogP) is 3.44. The van der Waals surface area contributed by atoms with Crippen LogP contribution in [0.1, 0.15) is 5.56 Å². The van der Waals surface area contributed by atoms with Gasteiger partial charge in [0.05, 0.1) is 4.90 Å². The summed E-state index contributed by atoms with van der Waals surface area (Å²) in [5.74, 6) is 0. The Morgan fingerprint density at radius 2 is 1.55 bits per heavy atom. The standard InChI is InChI=1S/C16H13NO2S/c18-20(19,14-9-2-1-3-10-14)16-12-6-8-13-7-4-5-11-15(13)17-16/h1-12,17H. The number of sulfone groups is 1. The third-order valence-corrected chi connectivity index (χ3v) is 4.80. The molecule has 3 rings (SSSR count). The third-order valence-electron chi connectivity index (χ3n) is 3.09. The Morgan fingerprint density at radius 1 is 0.850 bits per heavy atom. The molecular formula is C16H13NO2S. The summed E-state index contributed by atoms with van der Waals surface area (Å²) in [6.07, 6.45) is 5.22. The summed E-state index contributed by atoms with van der Waals surface area (Å²) in [4.78, 5) is 0.284. The van der Waals surface area contributed by atoms with Crippen molar-refractivity contribution in [2.24, 2.45) is 0 Å². The Bertz CT molecular complexity index is 790. The van der Waals surface area contributed by atoms with Crippen LogP contribution in [0.2, 0.25) is 0 Å². The lowest BCUT2D eigenvalue weighted by molar-refractivity contribution is 0.602. The van der Waals surface area contributed by atoms with Gasteiger partial charge in [-0.15, -0.1) is 0 Å². The second kappa shape index (κ2) is 4.98. The monoisotopic (exact) mass is 283 g/mol. The molecule has 0 spiro atoms. The third kappa shape index (κ3) is 2.26. The lowest BCUT2D eigenvalue weighted by Gasteiger charge is -2.12. The number of fused-ring (bicyclic) bond motifs is 1. The zero-order chi connectivity index (χ0) is 14.0. The van der Waals surface area contributed by atoms with Crippen LogP contribution in [0.25, 0.3) is 6.08 Å². The van der Waals surface area contributed by atoms with Gasteiger partial charge in [0, 0.05) is 5.69 Å². The van der Waals surface area contributed by atoms with E-state index in [9.17, 15) is 8.42 Å². The number of hydrogen-bond donors (Lipinski definition) is 1. The molecule has 4 heteroatoms. The maximum Gasteiger partial charge on any atom is 0.221 e. The largest absolute Gasteiger partial charge is 0.345 e. The van der Waals surface area contributed by atoms with E-state index in [1.54, 1.807) is 42.5 Å². The van der Waals surface area contributed by atoms with Crippen LogP contribution in [0, 0.1) is 0 Å². The lowest BCUT2D eigenvalue weighted by atomic mass is 10.2. The fourth-order valence-corrected chi connectivity index (χ4v) is 3.32. The molecule has 2 aromatic rings. The number of allylic oxidation sites excluding steroid dienone is 2. The highest BCUT2D eigenvalue weighted by molar-refractivity contribution is 7.95. The molecule has 0 saturated heterocycles. The molecule has 0 aliphatic carbocycles. The second-order valence-corrected chi connectivity index (χ2v) is 6.34. The first-order chi connectivity index (χ1) is 9.68. The van der Waals surface area contributed by atoms with Crippen molar-refractivity contribution in [1.82, 2.24) is 0 Å². The smallest absolute Gasteiger partial charge is 0.221 e. The molecule has 0 aromatic heterocycles. The predicted molar refractivity (Wildman–Crippen MR) is 80.8 cm³/mol. The van der Waals surface area contributed by atoms with Crippen LogP contribution in [0.15, 0.2) is 76.7 Å². The Kier molecular flexibility index (Phi) is 3.16. The van der Waals surface area contributed by atoms with E-state index in [2.05, 4.69) is 5.32 Å². The number of nitrogens with one attached hydrogen (secondary N) is 1. The maximum atomic E-state index is 12.6. The van der Waals surface area contributed by atoms with Gasteiger partial charge in [0.15, 0.2) is 0 Å². The topological polar surface area (TPSA) is 46.2 Å². The number of anilines is 1. The van der Waals surface area contributed by atoms with Crippen molar-refractivity contribution < 1.29 is 8.42 Å². The first kappa shape index (κ1) is 12.7. The summed E-state index contributed by atoms with van der Waals surface area (Å²) in [6, 6.07) is 16.0. The Balaban J connectivity index is 2.05. The molecule has 2 aromatic carbocycles.